The van der Waals surface area contributed by atoms with E-state index in [4.69, 9.17) is 22.1 Å². The number of hydrogen-bond donors (Lipinski definition) is 1. The topological polar surface area (TPSA) is 47.6 Å². The molecule has 0 aliphatic rings. The minimum absolute atomic E-state index is 0.112. The molecule has 0 saturated carbocycles. The van der Waals surface area contributed by atoms with Gasteiger partial charge in [0.2, 0.25) is 0 Å². The van der Waals surface area contributed by atoms with E-state index < -0.39 is 0 Å². The Labute approximate surface area is 128 Å². The van der Waals surface area contributed by atoms with Gasteiger partial charge < -0.3 is 10.5 Å². The lowest BCUT2D eigenvalue weighted by atomic mass is 10.4. The Morgan fingerprint density at radius 1 is 1.37 bits per heavy atom. The molecule has 106 valence electrons. The van der Waals surface area contributed by atoms with Crippen LogP contribution in [0.25, 0.3) is 0 Å². The Hall–Kier alpha value is -0.360. The van der Waals surface area contributed by atoms with E-state index in [0.717, 1.165) is 16.5 Å². The zero-order valence-electron chi connectivity index (χ0n) is 11.1. The van der Waals surface area contributed by atoms with E-state index >= 15 is 0 Å². The summed E-state index contributed by atoms with van der Waals surface area (Å²) in [5.74, 6) is 1.92. The lowest BCUT2D eigenvalue weighted by Gasteiger charge is -2.06. The SMILES string of the molecule is COC[C@H](C)N=C(N)SCCSc1ccc(Cl)cc1. The van der Waals surface area contributed by atoms with Crippen molar-refractivity contribution < 1.29 is 4.74 Å². The fourth-order valence-corrected chi connectivity index (χ4v) is 3.19. The van der Waals surface area contributed by atoms with Crippen LogP contribution >= 0.6 is 35.1 Å². The molecule has 0 amide bonds. The van der Waals surface area contributed by atoms with Crippen LogP contribution in [0.4, 0.5) is 0 Å². The third-order valence-electron chi connectivity index (χ3n) is 2.17. The number of amidine groups is 1. The molecular weight excluding hydrogens is 300 g/mol. The highest BCUT2D eigenvalue weighted by Crippen LogP contribution is 2.21. The molecule has 0 radical (unpaired) electrons. The second-order valence-corrected chi connectivity index (χ2v) is 6.64. The van der Waals surface area contributed by atoms with E-state index in [-0.39, 0.29) is 6.04 Å². The van der Waals surface area contributed by atoms with Crippen molar-refractivity contribution in [2.24, 2.45) is 10.7 Å². The number of nitrogens with two attached hydrogens (primary N) is 1. The molecule has 0 spiro atoms. The smallest absolute Gasteiger partial charge is 0.154 e. The van der Waals surface area contributed by atoms with E-state index in [0.29, 0.717) is 11.8 Å². The third-order valence-corrected chi connectivity index (χ3v) is 4.50. The molecule has 2 N–H and O–H groups in total. The van der Waals surface area contributed by atoms with Crippen molar-refractivity contribution in [1.29, 1.82) is 0 Å². The first-order chi connectivity index (χ1) is 9.11. The first kappa shape index (κ1) is 16.7. The maximum atomic E-state index is 5.83. The van der Waals surface area contributed by atoms with Gasteiger partial charge in [-0.15, -0.1) is 11.8 Å². The molecule has 3 nitrogen and oxygen atoms in total. The minimum Gasteiger partial charge on any atom is -0.382 e. The lowest BCUT2D eigenvalue weighted by molar-refractivity contribution is 0.186. The van der Waals surface area contributed by atoms with Crippen molar-refractivity contribution in [3.8, 4) is 0 Å². The molecular formula is C13H19ClN2OS2. The van der Waals surface area contributed by atoms with Gasteiger partial charge in [-0.1, -0.05) is 23.4 Å². The molecule has 19 heavy (non-hydrogen) atoms. The number of rotatable bonds is 7. The van der Waals surface area contributed by atoms with Crippen LogP contribution in [0, 0.1) is 0 Å². The van der Waals surface area contributed by atoms with Gasteiger partial charge >= 0.3 is 0 Å². The van der Waals surface area contributed by atoms with Gasteiger partial charge in [0, 0.05) is 28.5 Å². The predicted molar refractivity (Wildman–Crippen MR) is 87.6 cm³/mol. The first-order valence-electron chi connectivity index (χ1n) is 5.95. The van der Waals surface area contributed by atoms with Crippen LogP contribution in [-0.2, 0) is 4.74 Å². The summed E-state index contributed by atoms with van der Waals surface area (Å²) in [7, 11) is 1.66. The summed E-state index contributed by atoms with van der Waals surface area (Å²) in [6, 6.07) is 7.96. The molecule has 0 saturated heterocycles. The zero-order valence-corrected chi connectivity index (χ0v) is 13.5. The van der Waals surface area contributed by atoms with Gasteiger partial charge in [-0.2, -0.15) is 0 Å². The largest absolute Gasteiger partial charge is 0.382 e. The summed E-state index contributed by atoms with van der Waals surface area (Å²) in [6.45, 7) is 2.58. The van der Waals surface area contributed by atoms with Gasteiger partial charge in [0.05, 0.1) is 12.6 Å². The fraction of sp³-hybridized carbons (Fsp3) is 0.462. The highest BCUT2D eigenvalue weighted by Gasteiger charge is 2.01. The molecule has 0 fully saturated rings. The molecule has 1 aromatic carbocycles. The summed E-state index contributed by atoms with van der Waals surface area (Å²) in [5.41, 5.74) is 5.83. The van der Waals surface area contributed by atoms with Gasteiger partial charge in [-0.05, 0) is 31.2 Å². The predicted octanol–water partition coefficient (Wildman–Crippen LogP) is 3.51. The monoisotopic (exact) mass is 318 g/mol. The zero-order chi connectivity index (χ0) is 14.1. The van der Waals surface area contributed by atoms with Crippen molar-refractivity contribution in [2.75, 3.05) is 25.2 Å². The van der Waals surface area contributed by atoms with Crippen LogP contribution < -0.4 is 5.73 Å². The molecule has 6 heteroatoms. The second-order valence-electron chi connectivity index (χ2n) is 3.92. The number of hydrogen-bond acceptors (Lipinski definition) is 4. The summed E-state index contributed by atoms with van der Waals surface area (Å²) < 4.78 is 5.01. The molecule has 0 heterocycles. The second kappa shape index (κ2) is 9.53. The van der Waals surface area contributed by atoms with Crippen LogP contribution in [-0.4, -0.2) is 36.4 Å². The highest BCUT2D eigenvalue weighted by atomic mass is 35.5. The fourth-order valence-electron chi connectivity index (χ4n) is 1.37. The number of halogens is 1. The Morgan fingerprint density at radius 2 is 2.05 bits per heavy atom. The van der Waals surface area contributed by atoms with Crippen molar-refractivity contribution >= 4 is 40.3 Å². The number of benzene rings is 1. The Balaban J connectivity index is 2.21. The van der Waals surface area contributed by atoms with Crippen molar-refractivity contribution in [3.05, 3.63) is 29.3 Å². The molecule has 0 bridgehead atoms. The molecule has 1 atom stereocenters. The number of ether oxygens (including phenoxy) is 1. The van der Waals surface area contributed by atoms with Crippen molar-refractivity contribution in [2.45, 2.75) is 17.9 Å². The van der Waals surface area contributed by atoms with Gasteiger partial charge in [-0.3, -0.25) is 4.99 Å². The van der Waals surface area contributed by atoms with Crippen LogP contribution in [0.3, 0.4) is 0 Å². The summed E-state index contributed by atoms with van der Waals surface area (Å²) in [6.07, 6.45) is 0. The van der Waals surface area contributed by atoms with E-state index in [9.17, 15) is 0 Å². The van der Waals surface area contributed by atoms with Crippen molar-refractivity contribution in [3.63, 3.8) is 0 Å². The molecule has 1 rings (SSSR count). The van der Waals surface area contributed by atoms with Gasteiger partial charge in [0.25, 0.3) is 0 Å². The van der Waals surface area contributed by atoms with Crippen LogP contribution in [0.2, 0.25) is 5.02 Å². The normalized spacial score (nSPS) is 13.5. The first-order valence-corrected chi connectivity index (χ1v) is 8.30. The average Bonchev–Trinajstić information content (AvgIpc) is 2.37. The number of thioether (sulfide) groups is 2. The van der Waals surface area contributed by atoms with Gasteiger partial charge in [-0.25, -0.2) is 0 Å². The minimum atomic E-state index is 0.112. The van der Waals surface area contributed by atoms with E-state index in [1.807, 2.05) is 31.2 Å². The molecule has 0 aliphatic carbocycles. The molecule has 0 aromatic heterocycles. The van der Waals surface area contributed by atoms with E-state index in [1.165, 1.54) is 4.90 Å². The standard InChI is InChI=1S/C13H19ClN2OS2/c1-10(9-17-2)16-13(15)19-8-7-18-12-5-3-11(14)4-6-12/h3-6,10H,7-9H2,1-2H3,(H2,15,16)/t10-/m0/s1. The number of methoxy groups -OCH3 is 1. The van der Waals surface area contributed by atoms with Gasteiger partial charge in [0.15, 0.2) is 5.17 Å². The van der Waals surface area contributed by atoms with Crippen molar-refractivity contribution in [1.82, 2.24) is 0 Å². The van der Waals surface area contributed by atoms with Crippen LogP contribution in [0.15, 0.2) is 34.2 Å². The lowest BCUT2D eigenvalue weighted by Crippen LogP contribution is -2.15. The molecule has 1 aromatic rings. The van der Waals surface area contributed by atoms with E-state index in [1.54, 1.807) is 30.6 Å². The Bertz CT molecular complexity index is 398. The Kier molecular flexibility index (Phi) is 8.37. The third kappa shape index (κ3) is 7.72. The highest BCUT2D eigenvalue weighted by molar-refractivity contribution is 8.14. The number of aliphatic imine (C=N–C) groups is 1. The molecule has 0 aliphatic heterocycles. The van der Waals surface area contributed by atoms with Crippen LogP contribution in [0.1, 0.15) is 6.92 Å². The maximum Gasteiger partial charge on any atom is 0.154 e. The van der Waals surface area contributed by atoms with E-state index in [2.05, 4.69) is 4.99 Å². The quantitative estimate of drug-likeness (QED) is 0.362. The summed E-state index contributed by atoms with van der Waals surface area (Å²) >= 11 is 9.20. The van der Waals surface area contributed by atoms with Gasteiger partial charge in [0.1, 0.15) is 0 Å². The van der Waals surface area contributed by atoms with Crippen LogP contribution in [0.5, 0.6) is 0 Å². The average molecular weight is 319 g/mol. The summed E-state index contributed by atoms with van der Waals surface area (Å²) in [4.78, 5) is 5.54. The number of nitrogens with zero attached hydrogens (tertiary/aromatic N) is 1. The Morgan fingerprint density at radius 3 is 2.68 bits per heavy atom. The maximum absolute atomic E-state index is 5.83. The summed E-state index contributed by atoms with van der Waals surface area (Å²) in [5, 5.41) is 1.39. The molecule has 0 unspecified atom stereocenters.